The highest BCUT2D eigenvalue weighted by molar-refractivity contribution is 5.75. The molecule has 0 bridgehead atoms. The second kappa shape index (κ2) is 5.98. The quantitative estimate of drug-likeness (QED) is 0.818. The van der Waals surface area contributed by atoms with Crippen molar-refractivity contribution in [3.8, 4) is 0 Å². The summed E-state index contributed by atoms with van der Waals surface area (Å²) in [6, 6.07) is 8.20. The molecule has 2 aromatic rings. The summed E-state index contributed by atoms with van der Waals surface area (Å²) in [5.74, 6) is 1.34. The molecule has 18 heavy (non-hydrogen) atoms. The molecule has 1 aromatic heterocycles. The van der Waals surface area contributed by atoms with E-state index in [1.807, 2.05) is 25.1 Å². The molecule has 0 radical (unpaired) electrons. The van der Waals surface area contributed by atoms with E-state index < -0.39 is 0 Å². The minimum atomic E-state index is 0.219. The number of hydrogen-bond donors (Lipinski definition) is 2. The second-order valence-electron chi connectivity index (χ2n) is 4.68. The minimum Gasteiger partial charge on any atom is -0.396 e. The van der Waals surface area contributed by atoms with Crippen molar-refractivity contribution in [1.82, 2.24) is 14.9 Å². The SMILES string of the molecule is CCn1c(CNCC(C)CO)nc2ccccc21. The van der Waals surface area contributed by atoms with Gasteiger partial charge in [-0.1, -0.05) is 19.1 Å². The Balaban J connectivity index is 2.12. The number of para-hydroxylation sites is 2. The van der Waals surface area contributed by atoms with Crippen molar-refractivity contribution < 1.29 is 5.11 Å². The lowest BCUT2D eigenvalue weighted by atomic mass is 10.2. The van der Waals surface area contributed by atoms with Gasteiger partial charge in [-0.05, 0) is 25.0 Å². The molecule has 0 saturated carbocycles. The summed E-state index contributed by atoms with van der Waals surface area (Å²) in [5, 5.41) is 12.3. The molecule has 0 spiro atoms. The average molecular weight is 247 g/mol. The molecule has 4 nitrogen and oxygen atoms in total. The Kier molecular flexibility index (Phi) is 4.33. The number of imidazole rings is 1. The first-order chi connectivity index (χ1) is 8.76. The van der Waals surface area contributed by atoms with Crippen LogP contribution in [0, 0.1) is 5.92 Å². The molecular formula is C14H21N3O. The maximum atomic E-state index is 8.99. The van der Waals surface area contributed by atoms with Crippen molar-refractivity contribution in [3.63, 3.8) is 0 Å². The van der Waals surface area contributed by atoms with E-state index in [-0.39, 0.29) is 12.5 Å². The Morgan fingerprint density at radius 2 is 2.17 bits per heavy atom. The number of hydrogen-bond acceptors (Lipinski definition) is 3. The summed E-state index contributed by atoms with van der Waals surface area (Å²) in [5.41, 5.74) is 2.23. The van der Waals surface area contributed by atoms with Crippen molar-refractivity contribution in [2.45, 2.75) is 26.9 Å². The van der Waals surface area contributed by atoms with Crippen LogP contribution in [-0.2, 0) is 13.1 Å². The smallest absolute Gasteiger partial charge is 0.123 e. The lowest BCUT2D eigenvalue weighted by Crippen LogP contribution is -2.24. The first-order valence-corrected chi connectivity index (χ1v) is 6.52. The largest absolute Gasteiger partial charge is 0.396 e. The van der Waals surface area contributed by atoms with Crippen molar-refractivity contribution in [1.29, 1.82) is 0 Å². The summed E-state index contributed by atoms with van der Waals surface area (Å²) in [6.07, 6.45) is 0. The van der Waals surface area contributed by atoms with E-state index in [2.05, 4.69) is 27.9 Å². The Labute approximate surface area is 108 Å². The third-order valence-corrected chi connectivity index (χ3v) is 3.14. The van der Waals surface area contributed by atoms with Crippen LogP contribution >= 0.6 is 0 Å². The van der Waals surface area contributed by atoms with E-state index in [1.54, 1.807) is 0 Å². The molecule has 1 atom stereocenters. The predicted octanol–water partition coefficient (Wildman–Crippen LogP) is 1.77. The normalized spacial score (nSPS) is 13.1. The summed E-state index contributed by atoms with van der Waals surface area (Å²) in [7, 11) is 0. The monoisotopic (exact) mass is 247 g/mol. The molecule has 0 saturated heterocycles. The van der Waals surface area contributed by atoms with E-state index in [0.717, 1.165) is 31.0 Å². The molecule has 0 fully saturated rings. The summed E-state index contributed by atoms with van der Waals surface area (Å²) >= 11 is 0. The number of aromatic nitrogens is 2. The van der Waals surface area contributed by atoms with Gasteiger partial charge in [0.25, 0.3) is 0 Å². The topological polar surface area (TPSA) is 50.1 Å². The van der Waals surface area contributed by atoms with Gasteiger partial charge in [-0.25, -0.2) is 4.98 Å². The Morgan fingerprint density at radius 1 is 1.39 bits per heavy atom. The van der Waals surface area contributed by atoms with Gasteiger partial charge in [0.2, 0.25) is 0 Å². The number of aliphatic hydroxyl groups excluding tert-OH is 1. The minimum absolute atomic E-state index is 0.219. The molecule has 0 aliphatic rings. The summed E-state index contributed by atoms with van der Waals surface area (Å²) < 4.78 is 2.23. The van der Waals surface area contributed by atoms with E-state index in [9.17, 15) is 0 Å². The molecule has 0 aliphatic heterocycles. The maximum Gasteiger partial charge on any atom is 0.123 e. The van der Waals surface area contributed by atoms with Crippen LogP contribution in [0.4, 0.5) is 0 Å². The maximum absolute atomic E-state index is 8.99. The van der Waals surface area contributed by atoms with E-state index in [4.69, 9.17) is 5.11 Å². The van der Waals surface area contributed by atoms with Crippen molar-refractivity contribution in [2.24, 2.45) is 5.92 Å². The van der Waals surface area contributed by atoms with Crippen LogP contribution in [0.25, 0.3) is 11.0 Å². The Hall–Kier alpha value is -1.39. The van der Waals surface area contributed by atoms with Gasteiger partial charge >= 0.3 is 0 Å². The number of nitrogens with zero attached hydrogens (tertiary/aromatic N) is 2. The van der Waals surface area contributed by atoms with Crippen LogP contribution in [0.5, 0.6) is 0 Å². The zero-order chi connectivity index (χ0) is 13.0. The first-order valence-electron chi connectivity index (χ1n) is 6.52. The lowest BCUT2D eigenvalue weighted by Gasteiger charge is -2.10. The standard InChI is InChI=1S/C14H21N3O/c1-3-17-13-7-5-4-6-12(13)16-14(17)9-15-8-11(2)10-18/h4-7,11,15,18H,3,8-10H2,1-2H3. The molecule has 4 heteroatoms. The fraction of sp³-hybridized carbons (Fsp3) is 0.500. The molecule has 1 aromatic carbocycles. The van der Waals surface area contributed by atoms with Crippen LogP contribution in [0.2, 0.25) is 0 Å². The van der Waals surface area contributed by atoms with Gasteiger partial charge in [-0.2, -0.15) is 0 Å². The van der Waals surface area contributed by atoms with Gasteiger partial charge in [-0.15, -0.1) is 0 Å². The van der Waals surface area contributed by atoms with Crippen LogP contribution < -0.4 is 5.32 Å². The van der Waals surface area contributed by atoms with Crippen molar-refractivity contribution >= 4 is 11.0 Å². The fourth-order valence-electron chi connectivity index (χ4n) is 2.11. The number of aliphatic hydroxyl groups is 1. The third kappa shape index (κ3) is 2.71. The van der Waals surface area contributed by atoms with Gasteiger partial charge in [0.05, 0.1) is 17.6 Å². The molecule has 2 rings (SSSR count). The highest BCUT2D eigenvalue weighted by Crippen LogP contribution is 2.15. The highest BCUT2D eigenvalue weighted by Gasteiger charge is 2.08. The van der Waals surface area contributed by atoms with Gasteiger partial charge < -0.3 is 15.0 Å². The first kappa shape index (κ1) is 13.1. The molecule has 0 aliphatic carbocycles. The Morgan fingerprint density at radius 3 is 2.89 bits per heavy atom. The van der Waals surface area contributed by atoms with Crippen molar-refractivity contribution in [2.75, 3.05) is 13.2 Å². The lowest BCUT2D eigenvalue weighted by molar-refractivity contribution is 0.233. The van der Waals surface area contributed by atoms with Gasteiger partial charge in [0.1, 0.15) is 5.82 Å². The number of aryl methyl sites for hydroxylation is 1. The van der Waals surface area contributed by atoms with Gasteiger partial charge in [0.15, 0.2) is 0 Å². The number of rotatable bonds is 6. The summed E-state index contributed by atoms with van der Waals surface area (Å²) in [4.78, 5) is 4.64. The third-order valence-electron chi connectivity index (χ3n) is 3.14. The summed E-state index contributed by atoms with van der Waals surface area (Å²) in [6.45, 7) is 6.85. The zero-order valence-electron chi connectivity index (χ0n) is 11.1. The molecule has 1 unspecified atom stereocenters. The molecule has 0 amide bonds. The van der Waals surface area contributed by atoms with Crippen LogP contribution in [0.3, 0.4) is 0 Å². The average Bonchev–Trinajstić information content (AvgIpc) is 2.75. The van der Waals surface area contributed by atoms with Crippen LogP contribution in [0.15, 0.2) is 24.3 Å². The number of benzene rings is 1. The van der Waals surface area contributed by atoms with E-state index in [0.29, 0.717) is 0 Å². The fourth-order valence-corrected chi connectivity index (χ4v) is 2.11. The number of nitrogens with one attached hydrogen (secondary N) is 1. The van der Waals surface area contributed by atoms with E-state index in [1.165, 1.54) is 5.52 Å². The van der Waals surface area contributed by atoms with Crippen LogP contribution in [0.1, 0.15) is 19.7 Å². The van der Waals surface area contributed by atoms with E-state index >= 15 is 0 Å². The molecule has 98 valence electrons. The van der Waals surface area contributed by atoms with Gasteiger partial charge in [0, 0.05) is 19.7 Å². The molecule has 1 heterocycles. The molecular weight excluding hydrogens is 226 g/mol. The van der Waals surface area contributed by atoms with Gasteiger partial charge in [-0.3, -0.25) is 0 Å². The predicted molar refractivity (Wildman–Crippen MR) is 73.4 cm³/mol. The number of fused-ring (bicyclic) bond motifs is 1. The highest BCUT2D eigenvalue weighted by atomic mass is 16.3. The second-order valence-corrected chi connectivity index (χ2v) is 4.68. The zero-order valence-corrected chi connectivity index (χ0v) is 11.1. The molecule has 2 N–H and O–H groups in total. The van der Waals surface area contributed by atoms with Crippen molar-refractivity contribution in [3.05, 3.63) is 30.1 Å². The van der Waals surface area contributed by atoms with Crippen LogP contribution in [-0.4, -0.2) is 27.8 Å². The Bertz CT molecular complexity index is 507.